The van der Waals surface area contributed by atoms with Gasteiger partial charge in [-0.05, 0) is 28.1 Å². The summed E-state index contributed by atoms with van der Waals surface area (Å²) in [6, 6.07) is 5.74. The Kier molecular flexibility index (Phi) is 3.51. The highest BCUT2D eigenvalue weighted by Crippen LogP contribution is 2.30. The van der Waals surface area contributed by atoms with Crippen molar-refractivity contribution in [3.05, 3.63) is 45.7 Å². The van der Waals surface area contributed by atoms with E-state index in [0.29, 0.717) is 5.02 Å². The van der Waals surface area contributed by atoms with E-state index >= 15 is 0 Å². The van der Waals surface area contributed by atoms with Crippen molar-refractivity contribution in [1.29, 1.82) is 0 Å². The number of nitrogens with one attached hydrogen (secondary N) is 1. The van der Waals surface area contributed by atoms with E-state index in [9.17, 15) is 0 Å². The maximum absolute atomic E-state index is 6.00. The summed E-state index contributed by atoms with van der Waals surface area (Å²) in [5.41, 5.74) is 2.12. The Morgan fingerprint density at radius 2 is 2.31 bits per heavy atom. The zero-order valence-electron chi connectivity index (χ0n) is 8.74. The van der Waals surface area contributed by atoms with Crippen molar-refractivity contribution < 1.29 is 0 Å². The summed E-state index contributed by atoms with van der Waals surface area (Å²) in [6.45, 7) is 0.729. The van der Waals surface area contributed by atoms with Crippen LogP contribution in [0.5, 0.6) is 0 Å². The normalized spacial score (nSPS) is 10.4. The molecule has 2 rings (SSSR count). The van der Waals surface area contributed by atoms with Crippen LogP contribution in [0.25, 0.3) is 0 Å². The molecule has 0 aliphatic carbocycles. The number of anilines is 1. The second-order valence-electron chi connectivity index (χ2n) is 3.48. The van der Waals surface area contributed by atoms with Gasteiger partial charge >= 0.3 is 0 Å². The van der Waals surface area contributed by atoms with E-state index in [1.807, 2.05) is 37.6 Å². The zero-order chi connectivity index (χ0) is 11.5. The fraction of sp³-hybridized carbons (Fsp3) is 0.182. The Hall–Kier alpha value is -1.00. The number of rotatable bonds is 3. The van der Waals surface area contributed by atoms with Gasteiger partial charge in [-0.15, -0.1) is 0 Å². The van der Waals surface area contributed by atoms with Crippen LogP contribution in [0, 0.1) is 0 Å². The van der Waals surface area contributed by atoms with Crippen LogP contribution >= 0.6 is 27.5 Å². The van der Waals surface area contributed by atoms with E-state index in [-0.39, 0.29) is 0 Å². The minimum absolute atomic E-state index is 0.705. The molecule has 5 heteroatoms. The van der Waals surface area contributed by atoms with Crippen molar-refractivity contribution in [2.75, 3.05) is 5.32 Å². The topological polar surface area (TPSA) is 29.9 Å². The Morgan fingerprint density at radius 1 is 1.50 bits per heavy atom. The molecule has 1 heterocycles. The molecule has 0 saturated carbocycles. The number of hydrogen-bond donors (Lipinski definition) is 1. The molecule has 0 spiro atoms. The van der Waals surface area contributed by atoms with Crippen molar-refractivity contribution >= 4 is 33.2 Å². The predicted octanol–water partition coefficient (Wildman–Crippen LogP) is 3.45. The molecule has 0 unspecified atom stereocenters. The lowest BCUT2D eigenvalue weighted by molar-refractivity contribution is 0.767. The molecule has 0 amide bonds. The van der Waals surface area contributed by atoms with Gasteiger partial charge in [0.15, 0.2) is 0 Å². The van der Waals surface area contributed by atoms with Crippen molar-refractivity contribution in [1.82, 2.24) is 9.78 Å². The molecule has 0 fully saturated rings. The standard InChI is InChI=1S/C11H11BrClN3/c1-16-7-8(6-15-16)5-14-10-4-2-3-9(13)11(10)12/h2-4,6-7,14H,5H2,1H3. The first kappa shape index (κ1) is 11.5. The summed E-state index contributed by atoms with van der Waals surface area (Å²) in [4.78, 5) is 0. The van der Waals surface area contributed by atoms with E-state index in [1.54, 1.807) is 4.68 Å². The highest BCUT2D eigenvalue weighted by molar-refractivity contribution is 9.10. The van der Waals surface area contributed by atoms with Crippen molar-refractivity contribution in [2.24, 2.45) is 7.05 Å². The van der Waals surface area contributed by atoms with Crippen LogP contribution in [0.15, 0.2) is 35.1 Å². The second-order valence-corrected chi connectivity index (χ2v) is 4.68. The average molecular weight is 301 g/mol. The van der Waals surface area contributed by atoms with Crippen LogP contribution < -0.4 is 5.32 Å². The zero-order valence-corrected chi connectivity index (χ0v) is 11.1. The number of benzene rings is 1. The summed E-state index contributed by atoms with van der Waals surface area (Å²) in [7, 11) is 1.90. The number of hydrogen-bond acceptors (Lipinski definition) is 2. The summed E-state index contributed by atoms with van der Waals surface area (Å²) in [5, 5.41) is 8.11. The van der Waals surface area contributed by atoms with E-state index in [2.05, 4.69) is 26.3 Å². The summed E-state index contributed by atoms with van der Waals surface area (Å²) < 4.78 is 2.67. The monoisotopic (exact) mass is 299 g/mol. The second kappa shape index (κ2) is 4.89. The SMILES string of the molecule is Cn1cc(CNc2cccc(Cl)c2Br)cn1. The van der Waals surface area contributed by atoms with Gasteiger partial charge in [0.25, 0.3) is 0 Å². The number of halogens is 2. The summed E-state index contributed by atoms with van der Waals surface area (Å²) in [5.74, 6) is 0. The Morgan fingerprint density at radius 3 is 3.00 bits per heavy atom. The maximum atomic E-state index is 6.00. The van der Waals surface area contributed by atoms with Crippen molar-refractivity contribution in [3.63, 3.8) is 0 Å². The van der Waals surface area contributed by atoms with Gasteiger partial charge in [-0.2, -0.15) is 5.10 Å². The fourth-order valence-electron chi connectivity index (χ4n) is 1.40. The van der Waals surface area contributed by atoms with E-state index in [0.717, 1.165) is 22.3 Å². The molecule has 3 nitrogen and oxygen atoms in total. The van der Waals surface area contributed by atoms with Gasteiger partial charge < -0.3 is 5.32 Å². The third-order valence-electron chi connectivity index (χ3n) is 2.19. The van der Waals surface area contributed by atoms with Crippen molar-refractivity contribution in [3.8, 4) is 0 Å². The van der Waals surface area contributed by atoms with E-state index in [4.69, 9.17) is 11.6 Å². The molecular weight excluding hydrogens is 289 g/mol. The van der Waals surface area contributed by atoms with Gasteiger partial charge in [0.05, 0.1) is 21.4 Å². The largest absolute Gasteiger partial charge is 0.380 e. The third kappa shape index (κ3) is 2.57. The molecule has 1 N–H and O–H groups in total. The lowest BCUT2D eigenvalue weighted by Crippen LogP contribution is -1.99. The van der Waals surface area contributed by atoms with Crippen LogP contribution in [-0.4, -0.2) is 9.78 Å². The van der Waals surface area contributed by atoms with E-state index < -0.39 is 0 Å². The van der Waals surface area contributed by atoms with Gasteiger partial charge in [-0.3, -0.25) is 4.68 Å². The number of nitrogens with zero attached hydrogens (tertiary/aromatic N) is 2. The molecule has 0 saturated heterocycles. The molecule has 1 aromatic carbocycles. The third-order valence-corrected chi connectivity index (χ3v) is 3.59. The first-order chi connectivity index (χ1) is 7.66. The molecule has 1 aromatic heterocycles. The fourth-order valence-corrected chi connectivity index (χ4v) is 1.98. The lowest BCUT2D eigenvalue weighted by Gasteiger charge is -2.08. The highest BCUT2D eigenvalue weighted by atomic mass is 79.9. The smallest absolute Gasteiger partial charge is 0.0593 e. The molecule has 0 bridgehead atoms. The first-order valence-electron chi connectivity index (χ1n) is 4.82. The van der Waals surface area contributed by atoms with Gasteiger partial charge in [-0.1, -0.05) is 17.7 Å². The quantitative estimate of drug-likeness (QED) is 0.941. The van der Waals surface area contributed by atoms with Crippen LogP contribution in [0.4, 0.5) is 5.69 Å². The van der Waals surface area contributed by atoms with Gasteiger partial charge in [-0.25, -0.2) is 0 Å². The molecule has 16 heavy (non-hydrogen) atoms. The van der Waals surface area contributed by atoms with Crippen LogP contribution in [-0.2, 0) is 13.6 Å². The Labute approximate surface area is 108 Å². The van der Waals surface area contributed by atoms with Crippen LogP contribution in [0.2, 0.25) is 5.02 Å². The minimum atomic E-state index is 0.705. The minimum Gasteiger partial charge on any atom is -0.380 e. The number of aryl methyl sites for hydroxylation is 1. The number of aromatic nitrogens is 2. The van der Waals surface area contributed by atoms with Crippen LogP contribution in [0.3, 0.4) is 0 Å². The van der Waals surface area contributed by atoms with Gasteiger partial charge in [0.1, 0.15) is 0 Å². The summed E-state index contributed by atoms with van der Waals surface area (Å²) in [6.07, 6.45) is 3.82. The lowest BCUT2D eigenvalue weighted by atomic mass is 10.3. The maximum Gasteiger partial charge on any atom is 0.0593 e. The molecule has 0 aliphatic rings. The Bertz CT molecular complexity index is 496. The van der Waals surface area contributed by atoms with Crippen molar-refractivity contribution in [2.45, 2.75) is 6.54 Å². The molecule has 0 aliphatic heterocycles. The highest BCUT2D eigenvalue weighted by Gasteiger charge is 2.03. The Balaban J connectivity index is 2.07. The predicted molar refractivity (Wildman–Crippen MR) is 69.7 cm³/mol. The molecule has 0 radical (unpaired) electrons. The van der Waals surface area contributed by atoms with Crippen LogP contribution in [0.1, 0.15) is 5.56 Å². The summed E-state index contributed by atoms with van der Waals surface area (Å²) >= 11 is 9.44. The molecule has 84 valence electrons. The average Bonchev–Trinajstić information content (AvgIpc) is 2.67. The van der Waals surface area contributed by atoms with Gasteiger partial charge in [0, 0.05) is 25.4 Å². The van der Waals surface area contributed by atoms with Gasteiger partial charge in [0.2, 0.25) is 0 Å². The molecular formula is C11H11BrClN3. The molecule has 2 aromatic rings. The first-order valence-corrected chi connectivity index (χ1v) is 5.99. The van der Waals surface area contributed by atoms with E-state index in [1.165, 1.54) is 0 Å². The molecule has 0 atom stereocenters.